The van der Waals surface area contributed by atoms with Crippen molar-refractivity contribution in [2.24, 2.45) is 0 Å². The van der Waals surface area contributed by atoms with Gasteiger partial charge in [-0.15, -0.1) is 0 Å². The van der Waals surface area contributed by atoms with Crippen molar-refractivity contribution in [3.8, 4) is 11.3 Å². The summed E-state index contributed by atoms with van der Waals surface area (Å²) in [6.45, 7) is 2.84. The van der Waals surface area contributed by atoms with E-state index >= 15 is 0 Å². The van der Waals surface area contributed by atoms with Crippen LogP contribution in [0.5, 0.6) is 0 Å². The van der Waals surface area contributed by atoms with Crippen molar-refractivity contribution in [1.29, 1.82) is 0 Å². The van der Waals surface area contributed by atoms with Gasteiger partial charge >= 0.3 is 0 Å². The van der Waals surface area contributed by atoms with Crippen molar-refractivity contribution in [1.82, 2.24) is 15.2 Å². The van der Waals surface area contributed by atoms with E-state index in [-0.39, 0.29) is 17.9 Å². The van der Waals surface area contributed by atoms with Gasteiger partial charge < -0.3 is 10.2 Å². The van der Waals surface area contributed by atoms with Gasteiger partial charge in [0.2, 0.25) is 5.91 Å². The molecular formula is C18H18ClN3O2. The van der Waals surface area contributed by atoms with Crippen LogP contribution >= 0.6 is 11.6 Å². The topological polar surface area (TPSA) is 62.3 Å². The highest BCUT2D eigenvalue weighted by atomic mass is 35.5. The molecule has 2 amide bonds. The number of nitrogens with zero attached hydrogens (tertiary/aromatic N) is 2. The Morgan fingerprint density at radius 1 is 1.33 bits per heavy atom. The van der Waals surface area contributed by atoms with E-state index in [0.717, 1.165) is 11.3 Å². The Bertz CT molecular complexity index is 761. The first-order valence-corrected chi connectivity index (χ1v) is 8.22. The van der Waals surface area contributed by atoms with Gasteiger partial charge in [-0.2, -0.15) is 0 Å². The Morgan fingerprint density at radius 3 is 2.92 bits per heavy atom. The molecule has 1 aromatic carbocycles. The molecule has 5 nitrogen and oxygen atoms in total. The molecule has 6 heteroatoms. The molecule has 1 aliphatic heterocycles. The van der Waals surface area contributed by atoms with E-state index in [9.17, 15) is 9.59 Å². The molecule has 2 aromatic rings. The third-order valence-electron chi connectivity index (χ3n) is 4.10. The first-order chi connectivity index (χ1) is 11.5. The van der Waals surface area contributed by atoms with E-state index in [4.69, 9.17) is 11.6 Å². The predicted molar refractivity (Wildman–Crippen MR) is 92.8 cm³/mol. The molecule has 124 valence electrons. The molecule has 0 unspecified atom stereocenters. The second-order valence-electron chi connectivity index (χ2n) is 5.84. The number of pyridine rings is 1. The zero-order chi connectivity index (χ0) is 17.1. The SMILES string of the molecule is C[C@H]1CNC(=O)CCN1C(=O)c1cccc(-c2ccc(Cl)cn2)c1. The highest BCUT2D eigenvalue weighted by molar-refractivity contribution is 6.30. The number of carbonyl (C=O) groups is 2. The standard InChI is InChI=1S/C18H18ClN3O2/c1-12-10-21-17(23)7-8-22(12)18(24)14-4-2-3-13(9-14)16-6-5-15(19)11-20-16/h2-6,9,11-12H,7-8,10H2,1H3,(H,21,23)/t12-/m0/s1. The molecule has 1 aliphatic rings. The van der Waals surface area contributed by atoms with Crippen molar-refractivity contribution in [3.05, 3.63) is 53.2 Å². The van der Waals surface area contributed by atoms with Crippen LogP contribution in [0.3, 0.4) is 0 Å². The van der Waals surface area contributed by atoms with Gasteiger partial charge in [0.25, 0.3) is 5.91 Å². The molecule has 3 rings (SSSR count). The maximum Gasteiger partial charge on any atom is 0.254 e. The first-order valence-electron chi connectivity index (χ1n) is 7.84. The molecule has 2 heterocycles. The zero-order valence-corrected chi connectivity index (χ0v) is 14.1. The fourth-order valence-corrected chi connectivity index (χ4v) is 2.84. The van der Waals surface area contributed by atoms with E-state index < -0.39 is 0 Å². The third kappa shape index (κ3) is 3.57. The van der Waals surface area contributed by atoms with Crippen LogP contribution in [-0.4, -0.2) is 40.8 Å². The second kappa shape index (κ2) is 7.01. The zero-order valence-electron chi connectivity index (χ0n) is 13.3. The lowest BCUT2D eigenvalue weighted by Gasteiger charge is -2.26. The van der Waals surface area contributed by atoms with Crippen molar-refractivity contribution < 1.29 is 9.59 Å². The van der Waals surface area contributed by atoms with E-state index in [0.29, 0.717) is 30.1 Å². The van der Waals surface area contributed by atoms with Crippen LogP contribution in [0.4, 0.5) is 0 Å². The molecule has 1 atom stereocenters. The summed E-state index contributed by atoms with van der Waals surface area (Å²) in [5.74, 6) is -0.0916. The molecule has 0 aliphatic carbocycles. The van der Waals surface area contributed by atoms with Crippen molar-refractivity contribution in [3.63, 3.8) is 0 Å². The van der Waals surface area contributed by atoms with Crippen molar-refractivity contribution >= 4 is 23.4 Å². The molecular weight excluding hydrogens is 326 g/mol. The van der Waals surface area contributed by atoms with Gasteiger partial charge in [0.15, 0.2) is 0 Å². The summed E-state index contributed by atoms with van der Waals surface area (Å²) >= 11 is 5.87. The molecule has 24 heavy (non-hydrogen) atoms. The summed E-state index contributed by atoms with van der Waals surface area (Å²) in [6, 6.07) is 10.9. The minimum absolute atomic E-state index is 0.0173. The largest absolute Gasteiger partial charge is 0.354 e. The Morgan fingerprint density at radius 2 is 2.17 bits per heavy atom. The van der Waals surface area contributed by atoms with E-state index in [1.165, 1.54) is 0 Å². The number of carbonyl (C=O) groups excluding carboxylic acids is 2. The number of halogens is 1. The molecule has 0 bridgehead atoms. The van der Waals surface area contributed by atoms with Gasteiger partial charge in [-0.25, -0.2) is 0 Å². The quantitative estimate of drug-likeness (QED) is 0.912. The van der Waals surface area contributed by atoms with E-state index in [2.05, 4.69) is 10.3 Å². The highest BCUT2D eigenvalue weighted by Gasteiger charge is 2.25. The van der Waals surface area contributed by atoms with Gasteiger partial charge in [-0.1, -0.05) is 23.7 Å². The number of nitrogens with one attached hydrogen (secondary N) is 1. The van der Waals surface area contributed by atoms with Gasteiger partial charge in [-0.3, -0.25) is 14.6 Å². The van der Waals surface area contributed by atoms with Gasteiger partial charge in [-0.05, 0) is 31.2 Å². The van der Waals surface area contributed by atoms with Crippen molar-refractivity contribution in [2.45, 2.75) is 19.4 Å². The van der Waals surface area contributed by atoms with Crippen LogP contribution in [0.2, 0.25) is 5.02 Å². The van der Waals surface area contributed by atoms with Gasteiger partial charge in [0, 0.05) is 42.9 Å². The van der Waals surface area contributed by atoms with Crippen LogP contribution < -0.4 is 5.32 Å². The van der Waals surface area contributed by atoms with E-state index in [1.807, 2.05) is 31.2 Å². The Kier molecular flexibility index (Phi) is 4.81. The second-order valence-corrected chi connectivity index (χ2v) is 6.28. The van der Waals surface area contributed by atoms with Crippen molar-refractivity contribution in [2.75, 3.05) is 13.1 Å². The number of hydrogen-bond acceptors (Lipinski definition) is 3. The monoisotopic (exact) mass is 343 g/mol. The average molecular weight is 344 g/mol. The Balaban J connectivity index is 1.86. The molecule has 1 fully saturated rings. The van der Waals surface area contributed by atoms with Gasteiger partial charge in [0.1, 0.15) is 0 Å². The third-order valence-corrected chi connectivity index (χ3v) is 4.32. The summed E-state index contributed by atoms with van der Waals surface area (Å²) in [4.78, 5) is 30.4. The number of aromatic nitrogens is 1. The minimum Gasteiger partial charge on any atom is -0.354 e. The lowest BCUT2D eigenvalue weighted by atomic mass is 10.1. The number of benzene rings is 1. The molecule has 1 saturated heterocycles. The number of hydrogen-bond donors (Lipinski definition) is 1. The smallest absolute Gasteiger partial charge is 0.254 e. The van der Waals surface area contributed by atoms with Crippen LogP contribution in [-0.2, 0) is 4.79 Å². The maximum atomic E-state index is 12.9. The van der Waals surface area contributed by atoms with Crippen LogP contribution in [0.1, 0.15) is 23.7 Å². The van der Waals surface area contributed by atoms with Gasteiger partial charge in [0.05, 0.1) is 10.7 Å². The number of rotatable bonds is 2. The summed E-state index contributed by atoms with van der Waals surface area (Å²) in [6.07, 6.45) is 1.91. The molecule has 1 aromatic heterocycles. The summed E-state index contributed by atoms with van der Waals surface area (Å²) in [5, 5.41) is 3.39. The minimum atomic E-state index is -0.0742. The first kappa shape index (κ1) is 16.5. The van der Waals surface area contributed by atoms with Crippen LogP contribution in [0.15, 0.2) is 42.6 Å². The van der Waals surface area contributed by atoms with E-state index in [1.54, 1.807) is 23.2 Å². The average Bonchev–Trinajstić information content (AvgIpc) is 2.76. The lowest BCUT2D eigenvalue weighted by molar-refractivity contribution is -0.120. The fraction of sp³-hybridized carbons (Fsp3) is 0.278. The highest BCUT2D eigenvalue weighted by Crippen LogP contribution is 2.21. The van der Waals surface area contributed by atoms with Crippen LogP contribution in [0.25, 0.3) is 11.3 Å². The summed E-state index contributed by atoms with van der Waals surface area (Å²) in [5.41, 5.74) is 2.20. The summed E-state index contributed by atoms with van der Waals surface area (Å²) in [7, 11) is 0. The Hall–Kier alpha value is -2.40. The van der Waals surface area contributed by atoms with Crippen LogP contribution in [0, 0.1) is 0 Å². The lowest BCUT2D eigenvalue weighted by Crippen LogP contribution is -2.41. The molecule has 1 N–H and O–H groups in total. The molecule has 0 saturated carbocycles. The Labute approximate surface area is 145 Å². The molecule has 0 spiro atoms. The fourth-order valence-electron chi connectivity index (χ4n) is 2.73. The number of amides is 2. The predicted octanol–water partition coefficient (Wildman–Crippen LogP) is 2.75. The maximum absolute atomic E-state index is 12.9. The summed E-state index contributed by atoms with van der Waals surface area (Å²) < 4.78 is 0. The normalized spacial score (nSPS) is 18.0. The molecule has 0 radical (unpaired) electrons.